The number of rotatable bonds is 5. The van der Waals surface area contributed by atoms with Crippen molar-refractivity contribution in [3.63, 3.8) is 0 Å². The van der Waals surface area contributed by atoms with Crippen molar-refractivity contribution >= 4 is 68.3 Å². The molecule has 3 heterocycles. The van der Waals surface area contributed by atoms with Crippen LogP contribution >= 0.6 is 0 Å². The predicted molar refractivity (Wildman–Crippen MR) is 297 cm³/mol. The summed E-state index contributed by atoms with van der Waals surface area (Å²) in [5.74, 6) is 0. The van der Waals surface area contributed by atoms with Crippen molar-refractivity contribution in [2.75, 3.05) is 9.80 Å². The van der Waals surface area contributed by atoms with Crippen LogP contribution in [-0.4, -0.2) is 11.3 Å². The Hall–Kier alpha value is -7.04. The van der Waals surface area contributed by atoms with Crippen LogP contribution in [0.25, 0.3) is 49.8 Å². The highest BCUT2D eigenvalue weighted by Gasteiger charge is 2.53. The van der Waals surface area contributed by atoms with Gasteiger partial charge in [-0.15, -0.1) is 0 Å². The Morgan fingerprint density at radius 3 is 1.78 bits per heavy atom. The summed E-state index contributed by atoms with van der Waals surface area (Å²) in [6, 6.07) is 66.9. The molecule has 0 radical (unpaired) electrons. The van der Waals surface area contributed by atoms with E-state index in [0.717, 1.165) is 11.4 Å². The van der Waals surface area contributed by atoms with E-state index >= 15 is 0 Å². The van der Waals surface area contributed by atoms with Crippen LogP contribution < -0.4 is 15.3 Å². The number of benzene rings is 8. The minimum atomic E-state index is -0.286. The molecule has 0 bridgehead atoms. The fourth-order valence-corrected chi connectivity index (χ4v) is 12.0. The predicted octanol–water partition coefficient (Wildman–Crippen LogP) is 16.9. The molecular formula is C65H62BN3. The number of hydrogen-bond acceptors (Lipinski definition) is 2. The Kier molecular flexibility index (Phi) is 9.39. The molecule has 0 amide bonds. The molecule has 3 aliphatic rings. The molecule has 340 valence electrons. The molecule has 0 spiro atoms. The molecule has 3 nitrogen and oxygen atoms in total. The van der Waals surface area contributed by atoms with Crippen molar-refractivity contribution in [3.05, 3.63) is 209 Å². The summed E-state index contributed by atoms with van der Waals surface area (Å²) >= 11 is 0. The van der Waals surface area contributed by atoms with Crippen molar-refractivity contribution in [1.82, 2.24) is 4.48 Å². The van der Waals surface area contributed by atoms with Crippen LogP contribution in [0.2, 0.25) is 0 Å². The van der Waals surface area contributed by atoms with Gasteiger partial charge in [-0.1, -0.05) is 197 Å². The van der Waals surface area contributed by atoms with E-state index < -0.39 is 0 Å². The summed E-state index contributed by atoms with van der Waals surface area (Å²) in [5, 5.41) is 2.57. The standard InChI is InChI=1S/C65H62BN3/c1-62(2,3)42-30-33-46(34-31-42)68-56-40-44(64(7,8)9)39-50-48-35-37-55(67(45-24-16-13-17-25-45)53-29-21-19-26-47(53)41-22-14-12-15-23-41)57-51-38-43(63(4,5)6)32-36-54(51)69(59(48)57)66(58(50)56)61-60(68)49-27-18-20-28-52(49)65(61,10)11/h12-40H,1-11H3. The summed E-state index contributed by atoms with van der Waals surface area (Å²) in [6.45, 7) is 26.0. The van der Waals surface area contributed by atoms with Crippen molar-refractivity contribution in [3.8, 4) is 22.3 Å². The number of allylic oxidation sites excluding steroid dienone is 1. The zero-order chi connectivity index (χ0) is 47.9. The van der Waals surface area contributed by atoms with E-state index in [9.17, 15) is 0 Å². The highest BCUT2D eigenvalue weighted by Crippen LogP contribution is 2.58. The van der Waals surface area contributed by atoms with Crippen LogP contribution in [0.4, 0.5) is 28.4 Å². The SMILES string of the molecule is CC(C)(C)c1ccc(N2C3=C(B4c5c(cc(C(C)(C)C)cc52)-c2ccc(N(c5ccccc5)c5ccccc5-c5ccccc5)c5c6cc(C(C)(C)C)ccc6n4c25)C(C)(C)c2ccccc23)cc1. The topological polar surface area (TPSA) is 11.4 Å². The van der Waals surface area contributed by atoms with Crippen LogP contribution in [0, 0.1) is 0 Å². The van der Waals surface area contributed by atoms with Crippen molar-refractivity contribution in [2.45, 2.75) is 97.8 Å². The first kappa shape index (κ1) is 43.3. The van der Waals surface area contributed by atoms with Gasteiger partial charge in [-0.2, -0.15) is 0 Å². The summed E-state index contributed by atoms with van der Waals surface area (Å²) in [5.41, 5.74) is 23.9. The van der Waals surface area contributed by atoms with E-state index in [4.69, 9.17) is 0 Å². The molecule has 2 aliphatic heterocycles. The van der Waals surface area contributed by atoms with Gasteiger partial charge in [0.15, 0.2) is 0 Å². The Bertz CT molecular complexity index is 3570. The average molecular weight is 896 g/mol. The zero-order valence-electron chi connectivity index (χ0n) is 42.2. The van der Waals surface area contributed by atoms with Crippen molar-refractivity contribution < 1.29 is 0 Å². The van der Waals surface area contributed by atoms with Gasteiger partial charge in [-0.3, -0.25) is 0 Å². The van der Waals surface area contributed by atoms with Crippen LogP contribution in [0.5, 0.6) is 0 Å². The quantitative estimate of drug-likeness (QED) is 0.160. The largest absolute Gasteiger partial charge is 0.375 e. The van der Waals surface area contributed by atoms with Gasteiger partial charge in [-0.05, 0) is 115 Å². The molecule has 0 saturated heterocycles. The highest BCUT2D eigenvalue weighted by atomic mass is 15.2. The summed E-state index contributed by atoms with van der Waals surface area (Å²) in [4.78, 5) is 5.18. The number of fused-ring (bicyclic) bond motifs is 8. The molecule has 9 aromatic rings. The molecule has 0 N–H and O–H groups in total. The van der Waals surface area contributed by atoms with Gasteiger partial charge in [0.1, 0.15) is 0 Å². The lowest BCUT2D eigenvalue weighted by Crippen LogP contribution is -2.52. The van der Waals surface area contributed by atoms with Gasteiger partial charge in [0.2, 0.25) is 0 Å². The number of para-hydroxylation sites is 2. The van der Waals surface area contributed by atoms with Crippen molar-refractivity contribution in [1.29, 1.82) is 0 Å². The number of anilines is 5. The maximum atomic E-state index is 2.79. The van der Waals surface area contributed by atoms with E-state index in [1.54, 1.807) is 0 Å². The Morgan fingerprint density at radius 1 is 0.493 bits per heavy atom. The minimum Gasteiger partial charge on any atom is -0.375 e. The average Bonchev–Trinajstić information content (AvgIpc) is 3.79. The first-order valence-corrected chi connectivity index (χ1v) is 25.0. The second-order valence-electron chi connectivity index (χ2n) is 23.4. The summed E-state index contributed by atoms with van der Waals surface area (Å²) in [7, 11) is 0. The highest BCUT2D eigenvalue weighted by molar-refractivity contribution is 6.85. The van der Waals surface area contributed by atoms with Gasteiger partial charge in [-0.25, -0.2) is 0 Å². The molecule has 8 aromatic carbocycles. The maximum absolute atomic E-state index is 2.79. The molecule has 1 aromatic heterocycles. The van der Waals surface area contributed by atoms with E-state index in [1.165, 1.54) is 106 Å². The van der Waals surface area contributed by atoms with Gasteiger partial charge >= 0.3 is 6.85 Å². The minimum absolute atomic E-state index is 0.0409. The van der Waals surface area contributed by atoms with Crippen molar-refractivity contribution in [2.24, 2.45) is 0 Å². The molecule has 12 rings (SSSR count). The fraction of sp³-hybridized carbons (Fsp3) is 0.231. The first-order chi connectivity index (χ1) is 32.9. The molecule has 69 heavy (non-hydrogen) atoms. The molecular weight excluding hydrogens is 834 g/mol. The fourth-order valence-electron chi connectivity index (χ4n) is 12.0. The van der Waals surface area contributed by atoms with Crippen LogP contribution in [0.1, 0.15) is 104 Å². The van der Waals surface area contributed by atoms with Crippen LogP contribution in [0.15, 0.2) is 181 Å². The number of hydrogen-bond donors (Lipinski definition) is 0. The lowest BCUT2D eigenvalue weighted by molar-refractivity contribution is 0.590. The number of aromatic nitrogens is 1. The van der Waals surface area contributed by atoms with Gasteiger partial charge in [0.05, 0.1) is 11.4 Å². The third-order valence-corrected chi connectivity index (χ3v) is 15.6. The normalized spacial score (nSPS) is 14.9. The summed E-state index contributed by atoms with van der Waals surface area (Å²) in [6.07, 6.45) is 0. The first-order valence-electron chi connectivity index (χ1n) is 25.0. The van der Waals surface area contributed by atoms with E-state index in [1.807, 2.05) is 0 Å². The third kappa shape index (κ3) is 6.47. The maximum Gasteiger partial charge on any atom is 0.329 e. The zero-order valence-corrected chi connectivity index (χ0v) is 42.2. The molecule has 0 unspecified atom stereocenters. The molecule has 1 aliphatic carbocycles. The van der Waals surface area contributed by atoms with Gasteiger partial charge in [0, 0.05) is 66.7 Å². The number of nitrogens with zero attached hydrogens (tertiary/aromatic N) is 3. The molecule has 0 saturated carbocycles. The van der Waals surface area contributed by atoms with E-state index in [-0.39, 0.29) is 28.5 Å². The van der Waals surface area contributed by atoms with Crippen LogP contribution in [-0.2, 0) is 21.7 Å². The second-order valence-corrected chi connectivity index (χ2v) is 23.4. The van der Waals surface area contributed by atoms with Crippen LogP contribution in [0.3, 0.4) is 0 Å². The second kappa shape index (κ2) is 15.0. The Morgan fingerprint density at radius 2 is 1.10 bits per heavy atom. The monoisotopic (exact) mass is 896 g/mol. The molecule has 4 heteroatoms. The molecule has 0 fully saturated rings. The lowest BCUT2D eigenvalue weighted by Gasteiger charge is -2.44. The van der Waals surface area contributed by atoms with E-state index in [2.05, 4.69) is 266 Å². The Balaban J connectivity index is 1.25. The third-order valence-electron chi connectivity index (χ3n) is 15.6. The van der Waals surface area contributed by atoms with Gasteiger partial charge in [0.25, 0.3) is 0 Å². The smallest absolute Gasteiger partial charge is 0.329 e. The summed E-state index contributed by atoms with van der Waals surface area (Å²) < 4.78 is 2.79. The van der Waals surface area contributed by atoms with E-state index in [0.29, 0.717) is 0 Å². The Labute approximate surface area is 409 Å². The lowest BCUT2D eigenvalue weighted by atomic mass is 9.40. The van der Waals surface area contributed by atoms with Gasteiger partial charge < -0.3 is 14.3 Å². The molecule has 0 atom stereocenters.